The molecule has 0 amide bonds. The first kappa shape index (κ1) is 22.9. The molecule has 0 bridgehead atoms. The Hall–Kier alpha value is -2.51. The number of hydrogen-bond acceptors (Lipinski definition) is 3. The minimum Gasteiger partial charge on any atom is -0.454 e. The highest BCUT2D eigenvalue weighted by Gasteiger charge is 2.61. The van der Waals surface area contributed by atoms with Crippen molar-refractivity contribution in [3.05, 3.63) is 59.7 Å². The van der Waals surface area contributed by atoms with Gasteiger partial charge in [-0.3, -0.25) is 0 Å². The van der Waals surface area contributed by atoms with Gasteiger partial charge in [-0.15, -0.1) is 0 Å². The number of likely N-dealkylation sites (tertiary alicyclic amines) is 1. The molecule has 2 aromatic carbocycles. The third-order valence-corrected chi connectivity index (χ3v) is 9.85. The second-order valence-corrected chi connectivity index (χ2v) is 12.0. The molecule has 0 spiro atoms. The van der Waals surface area contributed by atoms with Crippen LogP contribution in [0, 0.1) is 35.0 Å². The van der Waals surface area contributed by atoms with Crippen LogP contribution in [0.4, 0.5) is 0 Å². The first-order chi connectivity index (χ1) is 17.1. The van der Waals surface area contributed by atoms with E-state index in [9.17, 15) is 5.26 Å². The molecule has 1 saturated heterocycles. The van der Waals surface area contributed by atoms with Crippen LogP contribution in [0.15, 0.2) is 48.5 Å². The van der Waals surface area contributed by atoms with Gasteiger partial charge in [0, 0.05) is 18.3 Å². The standard InChI is InChI=1S/C31H39N2O2/c1-33(17-15-23-12-13-29-30(18-23)35-22-34-29)19-27-26(28(27)20-33)14-16-31(21-32,24-8-4-2-5-9-24)25-10-6-3-7-11-25/h2,4-5,8-9,12-13,18,25-28H,3,6-7,10-11,14-17,19-20,22H2,1H3/q+1. The number of quaternary nitrogens is 1. The van der Waals surface area contributed by atoms with Crippen LogP contribution in [0.3, 0.4) is 0 Å². The van der Waals surface area contributed by atoms with Crippen LogP contribution in [0.25, 0.3) is 0 Å². The molecule has 3 fully saturated rings. The monoisotopic (exact) mass is 471 g/mol. The Morgan fingerprint density at radius 2 is 1.71 bits per heavy atom. The van der Waals surface area contributed by atoms with Gasteiger partial charge in [0.15, 0.2) is 11.5 Å². The van der Waals surface area contributed by atoms with Crippen molar-refractivity contribution in [3.8, 4) is 17.6 Å². The molecule has 6 rings (SSSR count). The van der Waals surface area contributed by atoms with Crippen molar-refractivity contribution >= 4 is 0 Å². The summed E-state index contributed by atoms with van der Waals surface area (Å²) < 4.78 is 12.2. The second-order valence-electron chi connectivity index (χ2n) is 12.0. The number of nitriles is 1. The zero-order valence-electron chi connectivity index (χ0n) is 21.1. The largest absolute Gasteiger partial charge is 0.454 e. The molecule has 2 saturated carbocycles. The van der Waals surface area contributed by atoms with Gasteiger partial charge in [0.2, 0.25) is 6.79 Å². The molecule has 2 aromatic rings. The van der Waals surface area contributed by atoms with E-state index in [0.29, 0.717) is 12.7 Å². The third kappa shape index (κ3) is 4.33. The van der Waals surface area contributed by atoms with Gasteiger partial charge in [-0.2, -0.15) is 5.26 Å². The van der Waals surface area contributed by atoms with Crippen LogP contribution in [0.5, 0.6) is 11.5 Å². The maximum absolute atomic E-state index is 10.6. The number of rotatable bonds is 8. The summed E-state index contributed by atoms with van der Waals surface area (Å²) in [7, 11) is 2.45. The fraction of sp³-hybridized carbons (Fsp3) is 0.581. The van der Waals surface area contributed by atoms with E-state index >= 15 is 0 Å². The molecule has 35 heavy (non-hydrogen) atoms. The van der Waals surface area contributed by atoms with Crippen molar-refractivity contribution in [2.75, 3.05) is 33.5 Å². The molecule has 2 heterocycles. The van der Waals surface area contributed by atoms with Crippen molar-refractivity contribution in [1.29, 1.82) is 5.26 Å². The van der Waals surface area contributed by atoms with Crippen LogP contribution < -0.4 is 9.47 Å². The van der Waals surface area contributed by atoms with Crippen LogP contribution in [-0.4, -0.2) is 38.0 Å². The summed E-state index contributed by atoms with van der Waals surface area (Å²) in [6, 6.07) is 20.1. The summed E-state index contributed by atoms with van der Waals surface area (Å²) >= 11 is 0. The van der Waals surface area contributed by atoms with E-state index in [1.807, 2.05) is 0 Å². The molecule has 0 aromatic heterocycles. The average Bonchev–Trinajstić information content (AvgIpc) is 3.22. The molecule has 2 aliphatic carbocycles. The van der Waals surface area contributed by atoms with Crippen molar-refractivity contribution in [1.82, 2.24) is 0 Å². The van der Waals surface area contributed by atoms with Gasteiger partial charge in [0.05, 0.1) is 38.2 Å². The van der Waals surface area contributed by atoms with E-state index < -0.39 is 0 Å². The number of benzene rings is 2. The zero-order valence-corrected chi connectivity index (χ0v) is 21.1. The van der Waals surface area contributed by atoms with Crippen molar-refractivity contribution in [2.45, 2.75) is 56.8 Å². The highest BCUT2D eigenvalue weighted by Crippen LogP contribution is 2.57. The number of ether oxygens (including phenoxy) is 2. The average molecular weight is 472 g/mol. The first-order valence-corrected chi connectivity index (χ1v) is 13.8. The van der Waals surface area contributed by atoms with Crippen LogP contribution in [0.2, 0.25) is 0 Å². The van der Waals surface area contributed by atoms with E-state index in [-0.39, 0.29) is 5.41 Å². The second kappa shape index (κ2) is 9.17. The van der Waals surface area contributed by atoms with E-state index in [4.69, 9.17) is 9.47 Å². The Kier molecular flexibility index (Phi) is 6.01. The SMILES string of the molecule is C[N+]1(CCc2ccc3c(c2)OCO3)CC2C(CCC(C#N)(c3ccccc3)C3CCCCC3)C2C1. The molecular formula is C31H39N2O2+. The Balaban J connectivity index is 1.07. The summed E-state index contributed by atoms with van der Waals surface area (Å²) in [6.45, 7) is 4.13. The molecule has 4 nitrogen and oxygen atoms in total. The van der Waals surface area contributed by atoms with Gasteiger partial charge in [0.25, 0.3) is 0 Å². The van der Waals surface area contributed by atoms with Gasteiger partial charge in [-0.1, -0.05) is 55.7 Å². The highest BCUT2D eigenvalue weighted by atomic mass is 16.7. The Morgan fingerprint density at radius 3 is 2.46 bits per heavy atom. The fourth-order valence-corrected chi connectivity index (χ4v) is 7.79. The quantitative estimate of drug-likeness (QED) is 0.437. The summed E-state index contributed by atoms with van der Waals surface area (Å²) in [4.78, 5) is 0. The Morgan fingerprint density at radius 1 is 0.971 bits per heavy atom. The van der Waals surface area contributed by atoms with E-state index in [0.717, 1.165) is 42.1 Å². The predicted octanol–water partition coefficient (Wildman–Crippen LogP) is 6.10. The third-order valence-electron chi connectivity index (χ3n) is 9.85. The number of fused-ring (bicyclic) bond motifs is 2. The Labute approximate surface area is 210 Å². The summed E-state index contributed by atoms with van der Waals surface area (Å²) in [6.07, 6.45) is 9.69. The van der Waals surface area contributed by atoms with E-state index in [1.54, 1.807) is 0 Å². The summed E-state index contributed by atoms with van der Waals surface area (Å²) in [5.41, 5.74) is 2.32. The van der Waals surface area contributed by atoms with Gasteiger partial charge in [-0.05, 0) is 60.8 Å². The molecule has 0 N–H and O–H groups in total. The molecule has 4 heteroatoms. The summed E-state index contributed by atoms with van der Waals surface area (Å²) in [5, 5.41) is 10.6. The fourth-order valence-electron chi connectivity index (χ4n) is 7.79. The van der Waals surface area contributed by atoms with E-state index in [1.165, 1.54) is 73.8 Å². The van der Waals surface area contributed by atoms with Gasteiger partial charge in [0.1, 0.15) is 0 Å². The van der Waals surface area contributed by atoms with Gasteiger partial charge < -0.3 is 14.0 Å². The van der Waals surface area contributed by atoms with E-state index in [2.05, 4.69) is 61.6 Å². The lowest BCUT2D eigenvalue weighted by Gasteiger charge is -2.38. The van der Waals surface area contributed by atoms with Crippen molar-refractivity contribution in [3.63, 3.8) is 0 Å². The number of piperidine rings is 1. The lowest BCUT2D eigenvalue weighted by molar-refractivity contribution is -0.903. The highest BCUT2D eigenvalue weighted by molar-refractivity contribution is 5.44. The number of hydrogen-bond donors (Lipinski definition) is 0. The molecule has 3 atom stereocenters. The van der Waals surface area contributed by atoms with Gasteiger partial charge >= 0.3 is 0 Å². The minimum atomic E-state index is -0.296. The maximum atomic E-state index is 10.6. The van der Waals surface area contributed by atoms with Crippen LogP contribution in [0.1, 0.15) is 56.1 Å². The lowest BCUT2D eigenvalue weighted by atomic mass is 9.63. The molecular weight excluding hydrogens is 432 g/mol. The van der Waals surface area contributed by atoms with Crippen molar-refractivity contribution < 1.29 is 14.0 Å². The normalized spacial score (nSPS) is 30.9. The lowest BCUT2D eigenvalue weighted by Crippen LogP contribution is -2.45. The smallest absolute Gasteiger partial charge is 0.231 e. The maximum Gasteiger partial charge on any atom is 0.231 e. The Bertz CT molecular complexity index is 1070. The minimum absolute atomic E-state index is 0.296. The molecule has 0 radical (unpaired) electrons. The first-order valence-electron chi connectivity index (χ1n) is 13.8. The summed E-state index contributed by atoms with van der Waals surface area (Å²) in [5.74, 6) is 4.82. The zero-order chi connectivity index (χ0) is 23.9. The van der Waals surface area contributed by atoms with Crippen LogP contribution in [-0.2, 0) is 11.8 Å². The van der Waals surface area contributed by atoms with Crippen LogP contribution >= 0.6 is 0 Å². The van der Waals surface area contributed by atoms with Gasteiger partial charge in [-0.25, -0.2) is 0 Å². The number of likely N-dealkylation sites (N-methyl/N-ethyl adjacent to an activating group) is 1. The molecule has 2 aliphatic heterocycles. The predicted molar refractivity (Wildman–Crippen MR) is 137 cm³/mol. The molecule has 184 valence electrons. The topological polar surface area (TPSA) is 42.2 Å². The molecule has 4 aliphatic rings. The van der Waals surface area contributed by atoms with Crippen molar-refractivity contribution in [2.24, 2.45) is 23.7 Å². The number of nitrogens with zero attached hydrogens (tertiary/aromatic N) is 2. The molecule has 3 unspecified atom stereocenters.